The normalized spacial score (nSPS) is 12.6. The van der Waals surface area contributed by atoms with Crippen LogP contribution < -0.4 is 10.6 Å². The minimum absolute atomic E-state index is 0.395. The number of alkyl halides is 3. The Balaban J connectivity index is 2.14. The number of halogens is 5. The zero-order chi connectivity index (χ0) is 17.0. The molecule has 2 aromatic carbocycles. The third-order valence-electron chi connectivity index (χ3n) is 2.86. The first-order chi connectivity index (χ1) is 10.8. The van der Waals surface area contributed by atoms with Gasteiger partial charge in [-0.1, -0.05) is 58.0 Å². The molecule has 0 radical (unpaired) electrons. The zero-order valence-corrected chi connectivity index (χ0v) is 15.3. The first kappa shape index (κ1) is 18.5. The van der Waals surface area contributed by atoms with Crippen molar-refractivity contribution >= 4 is 69.6 Å². The fourth-order valence-electron chi connectivity index (χ4n) is 1.73. The van der Waals surface area contributed by atoms with E-state index in [0.29, 0.717) is 21.3 Å². The van der Waals surface area contributed by atoms with Gasteiger partial charge in [0.1, 0.15) is 6.17 Å². The molecule has 122 valence electrons. The number of nitrogens with one attached hydrogen (secondary N) is 2. The van der Waals surface area contributed by atoms with E-state index in [1.54, 1.807) is 48.5 Å². The molecule has 1 atom stereocenters. The molecular formula is C15H11Cl5N2O. The lowest BCUT2D eigenvalue weighted by Gasteiger charge is -2.27. The van der Waals surface area contributed by atoms with E-state index in [2.05, 4.69) is 10.6 Å². The quantitative estimate of drug-likeness (QED) is 0.512. The molecule has 0 aliphatic carbocycles. The van der Waals surface area contributed by atoms with E-state index in [1.165, 1.54) is 0 Å². The zero-order valence-electron chi connectivity index (χ0n) is 11.5. The second-order valence-electron chi connectivity index (χ2n) is 4.61. The third kappa shape index (κ3) is 5.63. The topological polar surface area (TPSA) is 41.1 Å². The monoisotopic (exact) mass is 410 g/mol. The van der Waals surface area contributed by atoms with Gasteiger partial charge in [-0.3, -0.25) is 4.79 Å². The maximum atomic E-state index is 12.3. The Kier molecular flexibility index (Phi) is 6.29. The molecule has 0 aliphatic rings. The first-order valence-corrected chi connectivity index (χ1v) is 8.30. The molecule has 1 amide bonds. The maximum absolute atomic E-state index is 12.3. The lowest BCUT2D eigenvalue weighted by atomic mass is 10.2. The molecule has 3 nitrogen and oxygen atoms in total. The number of rotatable bonds is 4. The maximum Gasteiger partial charge on any atom is 0.252 e. The SMILES string of the molecule is O=C(N[C@H](Nc1ccc(Cl)cc1)C(Cl)(Cl)Cl)c1ccc(Cl)cc1. The van der Waals surface area contributed by atoms with Crippen LogP contribution in [0.25, 0.3) is 0 Å². The van der Waals surface area contributed by atoms with Gasteiger partial charge in [0.2, 0.25) is 3.79 Å². The summed E-state index contributed by atoms with van der Waals surface area (Å²) in [6.07, 6.45) is -0.947. The van der Waals surface area contributed by atoms with Crippen molar-refractivity contribution in [3.63, 3.8) is 0 Å². The molecular weight excluding hydrogens is 401 g/mol. The summed E-state index contributed by atoms with van der Waals surface area (Å²) in [6, 6.07) is 13.1. The van der Waals surface area contributed by atoms with Crippen molar-refractivity contribution in [2.24, 2.45) is 0 Å². The van der Waals surface area contributed by atoms with Crippen molar-refractivity contribution in [2.75, 3.05) is 5.32 Å². The summed E-state index contributed by atoms with van der Waals surface area (Å²) in [6.45, 7) is 0. The van der Waals surface area contributed by atoms with Gasteiger partial charge in [-0.25, -0.2) is 0 Å². The molecule has 2 N–H and O–H groups in total. The Morgan fingerprint density at radius 3 is 1.83 bits per heavy atom. The second kappa shape index (κ2) is 7.82. The lowest BCUT2D eigenvalue weighted by molar-refractivity contribution is 0.0942. The highest BCUT2D eigenvalue weighted by atomic mass is 35.6. The number of carbonyl (C=O) groups excluding carboxylic acids is 1. The van der Waals surface area contributed by atoms with Gasteiger partial charge in [0, 0.05) is 21.3 Å². The van der Waals surface area contributed by atoms with Gasteiger partial charge in [-0.2, -0.15) is 0 Å². The van der Waals surface area contributed by atoms with Gasteiger partial charge in [-0.15, -0.1) is 0 Å². The molecule has 0 aromatic heterocycles. The van der Waals surface area contributed by atoms with Crippen molar-refractivity contribution in [2.45, 2.75) is 9.96 Å². The van der Waals surface area contributed by atoms with E-state index in [4.69, 9.17) is 58.0 Å². The van der Waals surface area contributed by atoms with Gasteiger partial charge >= 0.3 is 0 Å². The number of amides is 1. The standard InChI is InChI=1S/C15H11Cl5N2O/c16-10-3-1-9(2-4-10)13(23)22-14(15(18,19)20)21-12-7-5-11(17)6-8-12/h1-8,14,21H,(H,22,23)/t14-/m0/s1. The van der Waals surface area contributed by atoms with Crippen LogP contribution in [0.4, 0.5) is 5.69 Å². The van der Waals surface area contributed by atoms with Gasteiger partial charge in [0.25, 0.3) is 5.91 Å². The molecule has 0 fully saturated rings. The molecule has 0 spiro atoms. The highest BCUT2D eigenvalue weighted by Gasteiger charge is 2.34. The summed E-state index contributed by atoms with van der Waals surface area (Å²) < 4.78 is -1.76. The van der Waals surface area contributed by atoms with Crippen LogP contribution in [0.2, 0.25) is 10.0 Å². The van der Waals surface area contributed by atoms with E-state index in [9.17, 15) is 4.79 Å². The molecule has 0 saturated heterocycles. The Labute approximate surface area is 158 Å². The van der Waals surface area contributed by atoms with Gasteiger partial charge < -0.3 is 10.6 Å². The van der Waals surface area contributed by atoms with Crippen molar-refractivity contribution in [1.29, 1.82) is 0 Å². The van der Waals surface area contributed by atoms with Crippen molar-refractivity contribution < 1.29 is 4.79 Å². The summed E-state index contributed by atoms with van der Waals surface area (Å²) in [5.41, 5.74) is 1.04. The number of anilines is 1. The Morgan fingerprint density at radius 1 is 0.870 bits per heavy atom. The van der Waals surface area contributed by atoms with Gasteiger partial charge in [-0.05, 0) is 48.5 Å². The first-order valence-electron chi connectivity index (χ1n) is 6.41. The summed E-state index contributed by atoms with van der Waals surface area (Å²) in [4.78, 5) is 12.3. The van der Waals surface area contributed by atoms with Crippen LogP contribution >= 0.6 is 58.0 Å². The highest BCUT2D eigenvalue weighted by Crippen LogP contribution is 2.31. The fourth-order valence-corrected chi connectivity index (χ4v) is 2.31. The number of hydrogen-bond donors (Lipinski definition) is 2. The minimum atomic E-state index is -1.76. The molecule has 0 heterocycles. The largest absolute Gasteiger partial charge is 0.362 e. The average Bonchev–Trinajstić information content (AvgIpc) is 2.48. The van der Waals surface area contributed by atoms with E-state index >= 15 is 0 Å². The van der Waals surface area contributed by atoms with Crippen LogP contribution in [-0.4, -0.2) is 15.9 Å². The predicted molar refractivity (Wildman–Crippen MR) is 98.1 cm³/mol. The lowest BCUT2D eigenvalue weighted by Crippen LogP contribution is -2.49. The van der Waals surface area contributed by atoms with Crippen molar-refractivity contribution in [1.82, 2.24) is 5.32 Å². The van der Waals surface area contributed by atoms with E-state index in [1.807, 2.05) is 0 Å². The van der Waals surface area contributed by atoms with Crippen LogP contribution in [0.5, 0.6) is 0 Å². The van der Waals surface area contributed by atoms with Gasteiger partial charge in [0.05, 0.1) is 0 Å². The minimum Gasteiger partial charge on any atom is -0.362 e. The molecule has 0 unspecified atom stereocenters. The summed E-state index contributed by atoms with van der Waals surface area (Å²) in [5.74, 6) is -0.403. The molecule has 2 rings (SSSR count). The third-order valence-corrected chi connectivity index (χ3v) is 4.02. The molecule has 8 heteroatoms. The van der Waals surface area contributed by atoms with Crippen LogP contribution in [0.1, 0.15) is 10.4 Å². The highest BCUT2D eigenvalue weighted by molar-refractivity contribution is 6.68. The molecule has 23 heavy (non-hydrogen) atoms. The molecule has 2 aromatic rings. The number of hydrogen-bond acceptors (Lipinski definition) is 2. The molecule has 0 bridgehead atoms. The Bertz CT molecular complexity index is 668. The fraction of sp³-hybridized carbons (Fsp3) is 0.133. The van der Waals surface area contributed by atoms with Gasteiger partial charge in [0.15, 0.2) is 0 Å². The molecule has 0 saturated carbocycles. The second-order valence-corrected chi connectivity index (χ2v) is 7.85. The van der Waals surface area contributed by atoms with Crippen molar-refractivity contribution in [3.05, 3.63) is 64.1 Å². The average molecular weight is 413 g/mol. The Hall–Kier alpha value is -0.840. The summed E-state index contributed by atoms with van der Waals surface area (Å²) in [5, 5.41) is 6.68. The number of benzene rings is 2. The summed E-state index contributed by atoms with van der Waals surface area (Å²) >= 11 is 29.5. The summed E-state index contributed by atoms with van der Waals surface area (Å²) in [7, 11) is 0. The molecule has 0 aliphatic heterocycles. The van der Waals surface area contributed by atoms with Crippen molar-refractivity contribution in [3.8, 4) is 0 Å². The smallest absolute Gasteiger partial charge is 0.252 e. The Morgan fingerprint density at radius 2 is 1.35 bits per heavy atom. The van der Waals surface area contributed by atoms with E-state index < -0.39 is 15.9 Å². The van der Waals surface area contributed by atoms with E-state index in [-0.39, 0.29) is 0 Å². The number of carbonyl (C=O) groups is 1. The van der Waals surface area contributed by atoms with Crippen LogP contribution in [0.3, 0.4) is 0 Å². The van der Waals surface area contributed by atoms with E-state index in [0.717, 1.165) is 0 Å². The van der Waals surface area contributed by atoms with Crippen LogP contribution in [-0.2, 0) is 0 Å². The van der Waals surface area contributed by atoms with Crippen LogP contribution in [0, 0.1) is 0 Å². The van der Waals surface area contributed by atoms with Crippen LogP contribution in [0.15, 0.2) is 48.5 Å². The predicted octanol–water partition coefficient (Wildman–Crippen LogP) is 5.53.